The number of aromatic nitrogens is 2. The Morgan fingerprint density at radius 1 is 1.69 bits per heavy atom. The molecule has 0 saturated heterocycles. The maximum Gasteiger partial charge on any atom is 0.332 e. The first-order valence-electron chi connectivity index (χ1n) is 3.59. The molecule has 0 spiro atoms. The number of aliphatic carboxylic acids is 1. The van der Waals surface area contributed by atoms with Crippen LogP contribution in [0.25, 0.3) is 0 Å². The summed E-state index contributed by atoms with van der Waals surface area (Å²) in [5, 5.41) is 11.0. The van der Waals surface area contributed by atoms with E-state index in [9.17, 15) is 9.59 Å². The van der Waals surface area contributed by atoms with Crippen molar-refractivity contribution in [3.8, 4) is 0 Å². The predicted molar refractivity (Wildman–Crippen MR) is 42.8 cm³/mol. The van der Waals surface area contributed by atoms with Gasteiger partial charge in [-0.2, -0.15) is 0 Å². The fourth-order valence-corrected chi connectivity index (χ4v) is 0.900. The predicted octanol–water partition coefficient (Wildman–Crippen LogP) is -0.329. The molecule has 1 aromatic heterocycles. The van der Waals surface area contributed by atoms with Gasteiger partial charge in [0.15, 0.2) is 6.04 Å². The summed E-state index contributed by atoms with van der Waals surface area (Å²) in [5.41, 5.74) is 0.350. The summed E-state index contributed by atoms with van der Waals surface area (Å²) >= 11 is 0. The van der Waals surface area contributed by atoms with Gasteiger partial charge in [-0.25, -0.2) is 9.78 Å². The highest BCUT2D eigenvalue weighted by atomic mass is 16.4. The SMILES string of the molecule is CC(=O)NC(C(=O)O)c1cnc[nH]1. The topological polar surface area (TPSA) is 95.1 Å². The van der Waals surface area contributed by atoms with E-state index in [0.717, 1.165) is 0 Å². The van der Waals surface area contributed by atoms with Crippen LogP contribution < -0.4 is 5.32 Å². The molecule has 1 heterocycles. The number of rotatable bonds is 3. The van der Waals surface area contributed by atoms with Gasteiger partial charge in [0.25, 0.3) is 0 Å². The van der Waals surface area contributed by atoms with Crippen molar-refractivity contribution in [2.75, 3.05) is 0 Å². The molecule has 3 N–H and O–H groups in total. The van der Waals surface area contributed by atoms with Crippen LogP contribution in [0.1, 0.15) is 18.7 Å². The van der Waals surface area contributed by atoms with Gasteiger partial charge >= 0.3 is 5.97 Å². The number of carbonyl (C=O) groups excluding carboxylic acids is 1. The Morgan fingerprint density at radius 2 is 2.38 bits per heavy atom. The first kappa shape index (κ1) is 9.24. The van der Waals surface area contributed by atoms with Crippen molar-refractivity contribution in [1.82, 2.24) is 15.3 Å². The summed E-state index contributed by atoms with van der Waals surface area (Å²) in [6, 6.07) is -1.06. The third-order valence-corrected chi connectivity index (χ3v) is 1.42. The number of nitrogens with zero attached hydrogens (tertiary/aromatic N) is 1. The number of imidazole rings is 1. The van der Waals surface area contributed by atoms with Crippen LogP contribution in [-0.2, 0) is 9.59 Å². The maximum atomic E-state index is 10.7. The van der Waals surface area contributed by atoms with Crippen LogP contribution >= 0.6 is 0 Å². The van der Waals surface area contributed by atoms with Gasteiger partial charge in [-0.3, -0.25) is 4.79 Å². The van der Waals surface area contributed by atoms with Crippen LogP contribution in [-0.4, -0.2) is 27.0 Å². The van der Waals surface area contributed by atoms with Gasteiger partial charge in [0.05, 0.1) is 18.2 Å². The molecular weight excluding hydrogens is 174 g/mol. The van der Waals surface area contributed by atoms with Crippen LogP contribution in [0, 0.1) is 0 Å². The lowest BCUT2D eigenvalue weighted by molar-refractivity contribution is -0.141. The highest BCUT2D eigenvalue weighted by Crippen LogP contribution is 2.08. The first-order chi connectivity index (χ1) is 6.11. The maximum absolute atomic E-state index is 10.7. The van der Waals surface area contributed by atoms with Crippen LogP contribution in [0.15, 0.2) is 12.5 Å². The Kier molecular flexibility index (Phi) is 2.63. The van der Waals surface area contributed by atoms with E-state index < -0.39 is 17.9 Å². The first-order valence-corrected chi connectivity index (χ1v) is 3.59. The number of carboxylic acids is 1. The highest BCUT2D eigenvalue weighted by molar-refractivity contribution is 5.82. The van der Waals surface area contributed by atoms with Gasteiger partial charge < -0.3 is 15.4 Å². The number of amides is 1. The molecule has 70 valence electrons. The van der Waals surface area contributed by atoms with Crippen molar-refractivity contribution in [3.05, 3.63) is 18.2 Å². The number of carbonyl (C=O) groups is 2. The molecule has 1 unspecified atom stereocenters. The van der Waals surface area contributed by atoms with Crippen molar-refractivity contribution in [2.24, 2.45) is 0 Å². The molecule has 6 heteroatoms. The van der Waals surface area contributed by atoms with Crippen molar-refractivity contribution in [1.29, 1.82) is 0 Å². The summed E-state index contributed by atoms with van der Waals surface area (Å²) in [7, 11) is 0. The zero-order chi connectivity index (χ0) is 9.84. The molecule has 0 aliphatic carbocycles. The van der Waals surface area contributed by atoms with E-state index in [4.69, 9.17) is 5.11 Å². The molecule has 6 nitrogen and oxygen atoms in total. The molecule has 13 heavy (non-hydrogen) atoms. The number of aromatic amines is 1. The molecule has 0 aromatic carbocycles. The molecule has 0 bridgehead atoms. The molecule has 0 aliphatic heterocycles. The monoisotopic (exact) mass is 183 g/mol. The Bertz CT molecular complexity index is 307. The number of H-pyrrole nitrogens is 1. The number of carboxylic acid groups (broad SMARTS) is 1. The van der Waals surface area contributed by atoms with E-state index in [-0.39, 0.29) is 0 Å². The fourth-order valence-electron chi connectivity index (χ4n) is 0.900. The van der Waals surface area contributed by atoms with Crippen molar-refractivity contribution in [2.45, 2.75) is 13.0 Å². The molecule has 0 aliphatic rings. The molecule has 1 rings (SSSR count). The Balaban J connectivity index is 2.81. The van der Waals surface area contributed by atoms with Crippen LogP contribution in [0.3, 0.4) is 0 Å². The average Bonchev–Trinajstić information content (AvgIpc) is 2.50. The van der Waals surface area contributed by atoms with Gasteiger partial charge in [-0.1, -0.05) is 0 Å². The van der Waals surface area contributed by atoms with E-state index >= 15 is 0 Å². The average molecular weight is 183 g/mol. The highest BCUT2D eigenvalue weighted by Gasteiger charge is 2.21. The lowest BCUT2D eigenvalue weighted by Crippen LogP contribution is -2.32. The zero-order valence-corrected chi connectivity index (χ0v) is 6.94. The Labute approximate surface area is 74.0 Å². The van der Waals surface area contributed by atoms with Crippen molar-refractivity contribution in [3.63, 3.8) is 0 Å². The lowest BCUT2D eigenvalue weighted by Gasteiger charge is -2.10. The number of hydrogen-bond donors (Lipinski definition) is 3. The second-order valence-electron chi connectivity index (χ2n) is 2.48. The van der Waals surface area contributed by atoms with Crippen molar-refractivity contribution < 1.29 is 14.7 Å². The van der Waals surface area contributed by atoms with E-state index in [1.807, 2.05) is 0 Å². The van der Waals surface area contributed by atoms with Gasteiger partial charge in [0.2, 0.25) is 5.91 Å². The quantitative estimate of drug-likeness (QED) is 0.598. The molecule has 1 amide bonds. The largest absolute Gasteiger partial charge is 0.479 e. The van der Waals surface area contributed by atoms with Gasteiger partial charge in [0.1, 0.15) is 0 Å². The minimum Gasteiger partial charge on any atom is -0.479 e. The standard InChI is InChI=1S/C7H9N3O3/c1-4(11)10-6(7(12)13)5-2-8-3-9-5/h2-3,6H,1H3,(H,8,9)(H,10,11)(H,12,13). The fraction of sp³-hybridized carbons (Fsp3) is 0.286. The zero-order valence-electron chi connectivity index (χ0n) is 6.94. The summed E-state index contributed by atoms with van der Waals surface area (Å²) < 4.78 is 0. The summed E-state index contributed by atoms with van der Waals surface area (Å²) in [5.74, 6) is -1.53. The second kappa shape index (κ2) is 3.70. The normalized spacial score (nSPS) is 12.1. The third-order valence-electron chi connectivity index (χ3n) is 1.42. The van der Waals surface area contributed by atoms with E-state index in [0.29, 0.717) is 5.69 Å². The van der Waals surface area contributed by atoms with E-state index in [2.05, 4.69) is 15.3 Å². The summed E-state index contributed by atoms with van der Waals surface area (Å²) in [6.45, 7) is 1.26. The van der Waals surface area contributed by atoms with Crippen LogP contribution in [0.5, 0.6) is 0 Å². The molecule has 1 atom stereocenters. The smallest absolute Gasteiger partial charge is 0.332 e. The molecule has 0 saturated carbocycles. The van der Waals surface area contributed by atoms with Gasteiger partial charge in [0, 0.05) is 6.92 Å². The number of hydrogen-bond acceptors (Lipinski definition) is 3. The summed E-state index contributed by atoms with van der Waals surface area (Å²) in [6.07, 6.45) is 2.71. The molecule has 0 radical (unpaired) electrons. The van der Waals surface area contributed by atoms with Crippen LogP contribution in [0.2, 0.25) is 0 Å². The minimum absolute atomic E-state index is 0.350. The molecule has 1 aromatic rings. The van der Waals surface area contributed by atoms with Crippen LogP contribution in [0.4, 0.5) is 0 Å². The van der Waals surface area contributed by atoms with Gasteiger partial charge in [-0.05, 0) is 0 Å². The Morgan fingerprint density at radius 3 is 2.77 bits per heavy atom. The Hall–Kier alpha value is -1.85. The molecular formula is C7H9N3O3. The number of nitrogens with one attached hydrogen (secondary N) is 2. The summed E-state index contributed by atoms with van der Waals surface area (Å²) in [4.78, 5) is 27.6. The minimum atomic E-state index is -1.13. The second-order valence-corrected chi connectivity index (χ2v) is 2.48. The van der Waals surface area contributed by atoms with Crippen molar-refractivity contribution >= 4 is 11.9 Å². The lowest BCUT2D eigenvalue weighted by atomic mass is 10.2. The van der Waals surface area contributed by atoms with E-state index in [1.54, 1.807) is 0 Å². The molecule has 0 fully saturated rings. The van der Waals surface area contributed by atoms with E-state index in [1.165, 1.54) is 19.4 Å². The van der Waals surface area contributed by atoms with Gasteiger partial charge in [-0.15, -0.1) is 0 Å². The third kappa shape index (κ3) is 2.29.